The Morgan fingerprint density at radius 3 is 2.33 bits per heavy atom. The van der Waals surface area contributed by atoms with Gasteiger partial charge in [0.25, 0.3) is 0 Å². The fourth-order valence-electron chi connectivity index (χ4n) is 1.21. The summed E-state index contributed by atoms with van der Waals surface area (Å²) in [6, 6.07) is 0. The highest BCUT2D eigenvalue weighted by Gasteiger charge is 2.06. The first-order chi connectivity index (χ1) is 7.08. The molecule has 0 aromatic carbocycles. The van der Waals surface area contributed by atoms with E-state index in [2.05, 4.69) is 0 Å². The SMILES string of the molecule is NC(=O)CN1C=CCN(CC(N)=O)C=C1. The summed E-state index contributed by atoms with van der Waals surface area (Å²) in [6.07, 6.45) is 6.94. The molecule has 0 spiro atoms. The van der Waals surface area contributed by atoms with Crippen LogP contribution in [-0.4, -0.2) is 41.2 Å². The van der Waals surface area contributed by atoms with E-state index in [1.807, 2.05) is 6.08 Å². The number of primary amides is 2. The normalized spacial score (nSPS) is 15.2. The van der Waals surface area contributed by atoms with Gasteiger partial charge in [-0.1, -0.05) is 0 Å². The van der Waals surface area contributed by atoms with Crippen LogP contribution >= 0.6 is 0 Å². The third kappa shape index (κ3) is 4.17. The molecule has 82 valence electrons. The first-order valence-electron chi connectivity index (χ1n) is 4.49. The third-order valence-corrected chi connectivity index (χ3v) is 1.80. The van der Waals surface area contributed by atoms with Crippen molar-refractivity contribution < 1.29 is 9.59 Å². The minimum Gasteiger partial charge on any atom is -0.368 e. The molecule has 15 heavy (non-hydrogen) atoms. The summed E-state index contributed by atoms with van der Waals surface area (Å²) in [4.78, 5) is 24.7. The van der Waals surface area contributed by atoms with Crippen molar-refractivity contribution in [3.8, 4) is 0 Å². The molecule has 2 amide bonds. The average Bonchev–Trinajstić information content (AvgIpc) is 2.29. The van der Waals surface area contributed by atoms with E-state index in [4.69, 9.17) is 11.5 Å². The van der Waals surface area contributed by atoms with E-state index < -0.39 is 11.8 Å². The van der Waals surface area contributed by atoms with Crippen molar-refractivity contribution in [3.05, 3.63) is 24.7 Å². The van der Waals surface area contributed by atoms with Crippen LogP contribution < -0.4 is 11.5 Å². The third-order valence-electron chi connectivity index (χ3n) is 1.80. The number of hydrogen-bond donors (Lipinski definition) is 2. The minimum absolute atomic E-state index is 0.122. The summed E-state index contributed by atoms with van der Waals surface area (Å²) in [5, 5.41) is 0. The Labute approximate surface area is 87.8 Å². The molecule has 4 N–H and O–H groups in total. The summed E-state index contributed by atoms with van der Waals surface area (Å²) in [6.45, 7) is 0.858. The number of rotatable bonds is 4. The van der Waals surface area contributed by atoms with Crippen molar-refractivity contribution in [1.82, 2.24) is 9.80 Å². The Kier molecular flexibility index (Phi) is 3.73. The van der Waals surface area contributed by atoms with E-state index in [1.165, 1.54) is 0 Å². The maximum absolute atomic E-state index is 10.7. The van der Waals surface area contributed by atoms with E-state index in [0.717, 1.165) is 0 Å². The molecule has 0 fully saturated rings. The summed E-state index contributed by atoms with van der Waals surface area (Å²) in [5.74, 6) is -0.802. The molecular weight excluding hydrogens is 196 g/mol. The smallest absolute Gasteiger partial charge is 0.237 e. The van der Waals surface area contributed by atoms with Crippen LogP contribution in [0.15, 0.2) is 24.7 Å². The topological polar surface area (TPSA) is 92.7 Å². The van der Waals surface area contributed by atoms with Gasteiger partial charge in [-0.05, 0) is 6.08 Å². The molecule has 0 bridgehead atoms. The first kappa shape index (κ1) is 11.1. The van der Waals surface area contributed by atoms with E-state index in [-0.39, 0.29) is 13.1 Å². The molecule has 1 rings (SSSR count). The lowest BCUT2D eigenvalue weighted by atomic mass is 10.5. The number of carbonyl (C=O) groups is 2. The van der Waals surface area contributed by atoms with Gasteiger partial charge in [-0.15, -0.1) is 0 Å². The molecule has 0 unspecified atom stereocenters. The molecule has 0 atom stereocenters. The maximum atomic E-state index is 10.7. The van der Waals surface area contributed by atoms with Crippen LogP contribution in [0.4, 0.5) is 0 Å². The largest absolute Gasteiger partial charge is 0.368 e. The lowest BCUT2D eigenvalue weighted by Crippen LogP contribution is -2.30. The van der Waals surface area contributed by atoms with E-state index in [0.29, 0.717) is 6.54 Å². The Morgan fingerprint density at radius 1 is 1.07 bits per heavy atom. The number of nitrogens with zero attached hydrogens (tertiary/aromatic N) is 2. The van der Waals surface area contributed by atoms with Crippen molar-refractivity contribution in [2.45, 2.75) is 0 Å². The standard InChI is InChI=1S/C9H14N4O2/c10-8(14)6-12-2-1-3-13(5-4-12)7-9(11)15/h1-2,4-5H,3,6-7H2,(H2,10,14)(H2,11,15). The van der Waals surface area contributed by atoms with Gasteiger partial charge in [0.15, 0.2) is 0 Å². The molecule has 6 heteroatoms. The molecule has 0 aromatic rings. The average molecular weight is 210 g/mol. The molecule has 1 aliphatic heterocycles. The summed E-state index contributed by atoms with van der Waals surface area (Å²) in [7, 11) is 0. The minimum atomic E-state index is -0.410. The van der Waals surface area contributed by atoms with Gasteiger partial charge in [0.1, 0.15) is 6.54 Å². The van der Waals surface area contributed by atoms with Crippen molar-refractivity contribution in [2.75, 3.05) is 19.6 Å². The second kappa shape index (κ2) is 5.04. The molecule has 0 saturated carbocycles. The zero-order valence-electron chi connectivity index (χ0n) is 8.30. The highest BCUT2D eigenvalue weighted by atomic mass is 16.1. The molecule has 0 saturated heterocycles. The van der Waals surface area contributed by atoms with Crippen LogP contribution in [0.5, 0.6) is 0 Å². The molecular formula is C9H14N4O2. The van der Waals surface area contributed by atoms with Crippen molar-refractivity contribution >= 4 is 11.8 Å². The fourth-order valence-corrected chi connectivity index (χ4v) is 1.21. The van der Waals surface area contributed by atoms with Gasteiger partial charge in [0.05, 0.1) is 6.54 Å². The van der Waals surface area contributed by atoms with Crippen LogP contribution in [-0.2, 0) is 9.59 Å². The van der Waals surface area contributed by atoms with Crippen LogP contribution in [0.1, 0.15) is 0 Å². The van der Waals surface area contributed by atoms with Crippen molar-refractivity contribution in [3.63, 3.8) is 0 Å². The second-order valence-electron chi connectivity index (χ2n) is 3.22. The summed E-state index contributed by atoms with van der Waals surface area (Å²) >= 11 is 0. The molecule has 1 aliphatic rings. The van der Waals surface area contributed by atoms with E-state index in [9.17, 15) is 9.59 Å². The van der Waals surface area contributed by atoms with Crippen LogP contribution in [0.25, 0.3) is 0 Å². The highest BCUT2D eigenvalue weighted by Crippen LogP contribution is 2.00. The van der Waals surface area contributed by atoms with Crippen LogP contribution in [0.3, 0.4) is 0 Å². The maximum Gasteiger partial charge on any atom is 0.237 e. The molecule has 0 aromatic heterocycles. The van der Waals surface area contributed by atoms with Gasteiger partial charge in [0, 0.05) is 25.1 Å². The number of carbonyl (C=O) groups excluding carboxylic acids is 2. The molecule has 1 heterocycles. The lowest BCUT2D eigenvalue weighted by Gasteiger charge is -2.14. The lowest BCUT2D eigenvalue weighted by molar-refractivity contribution is -0.119. The number of amides is 2. The molecule has 0 radical (unpaired) electrons. The molecule has 6 nitrogen and oxygen atoms in total. The van der Waals surface area contributed by atoms with Crippen LogP contribution in [0.2, 0.25) is 0 Å². The van der Waals surface area contributed by atoms with E-state index >= 15 is 0 Å². The van der Waals surface area contributed by atoms with Crippen molar-refractivity contribution in [2.24, 2.45) is 11.5 Å². The van der Waals surface area contributed by atoms with Gasteiger partial charge >= 0.3 is 0 Å². The zero-order chi connectivity index (χ0) is 11.3. The summed E-state index contributed by atoms with van der Waals surface area (Å²) in [5.41, 5.74) is 10.1. The van der Waals surface area contributed by atoms with Gasteiger partial charge in [0.2, 0.25) is 11.8 Å². The Balaban J connectivity index is 2.55. The quantitative estimate of drug-likeness (QED) is 0.594. The first-order valence-corrected chi connectivity index (χ1v) is 4.49. The predicted molar refractivity (Wildman–Crippen MR) is 54.9 cm³/mol. The Morgan fingerprint density at radius 2 is 1.73 bits per heavy atom. The van der Waals surface area contributed by atoms with Gasteiger partial charge in [-0.3, -0.25) is 9.59 Å². The van der Waals surface area contributed by atoms with E-state index in [1.54, 1.807) is 28.4 Å². The fraction of sp³-hybridized carbons (Fsp3) is 0.333. The van der Waals surface area contributed by atoms with Gasteiger partial charge in [-0.2, -0.15) is 0 Å². The highest BCUT2D eigenvalue weighted by molar-refractivity contribution is 5.76. The monoisotopic (exact) mass is 210 g/mol. The zero-order valence-corrected chi connectivity index (χ0v) is 8.30. The van der Waals surface area contributed by atoms with Gasteiger partial charge < -0.3 is 21.3 Å². The van der Waals surface area contributed by atoms with Gasteiger partial charge in [-0.25, -0.2) is 0 Å². The predicted octanol–water partition coefficient (Wildman–Crippen LogP) is -1.44. The van der Waals surface area contributed by atoms with Crippen LogP contribution in [0, 0.1) is 0 Å². The summed E-state index contributed by atoms with van der Waals surface area (Å²) < 4.78 is 0. The Bertz CT molecular complexity index is 311. The van der Waals surface area contributed by atoms with Crippen molar-refractivity contribution in [1.29, 1.82) is 0 Å². The number of nitrogens with two attached hydrogens (primary N) is 2. The second-order valence-corrected chi connectivity index (χ2v) is 3.22. The Hall–Kier alpha value is -1.98. The molecule has 0 aliphatic carbocycles. The number of hydrogen-bond acceptors (Lipinski definition) is 4.